The Kier molecular flexibility index (Phi) is 1.99. The van der Waals surface area contributed by atoms with Crippen LogP contribution in [0.3, 0.4) is 0 Å². The maximum Gasteiger partial charge on any atom is 0.00900 e. The standard InChI is InChI=1S/C20H16/c1-3-7-15-13(5-1)11-19-17(15)9-10-18-16-8-4-2-6-14(16)12-20(18)19/h1-10,13,15H,11-12H2. The number of allylic oxidation sites excluding steroid dienone is 4. The molecule has 0 saturated heterocycles. The molecule has 0 radical (unpaired) electrons. The molecule has 0 aliphatic heterocycles. The monoisotopic (exact) mass is 256 g/mol. The van der Waals surface area contributed by atoms with Crippen LogP contribution in [0.4, 0.5) is 0 Å². The SMILES string of the molecule is C1=CC2Cc3c(ccc4c3Cc3ccccc3-4)C2C=C1. The van der Waals surface area contributed by atoms with Crippen molar-refractivity contribution in [3.8, 4) is 11.1 Å². The predicted molar refractivity (Wildman–Crippen MR) is 82.9 cm³/mol. The van der Waals surface area contributed by atoms with Crippen molar-refractivity contribution >= 4 is 0 Å². The molecule has 2 aromatic rings. The van der Waals surface area contributed by atoms with Gasteiger partial charge in [-0.25, -0.2) is 0 Å². The van der Waals surface area contributed by atoms with Gasteiger partial charge in [0, 0.05) is 5.92 Å². The number of rotatable bonds is 0. The molecule has 0 bridgehead atoms. The highest BCUT2D eigenvalue weighted by Crippen LogP contribution is 2.48. The third-order valence-electron chi connectivity index (χ3n) is 5.19. The van der Waals surface area contributed by atoms with Gasteiger partial charge in [0.05, 0.1) is 0 Å². The molecule has 2 unspecified atom stereocenters. The van der Waals surface area contributed by atoms with Gasteiger partial charge in [0.15, 0.2) is 0 Å². The second kappa shape index (κ2) is 3.73. The molecule has 2 atom stereocenters. The van der Waals surface area contributed by atoms with Gasteiger partial charge >= 0.3 is 0 Å². The molecule has 0 N–H and O–H groups in total. The quantitative estimate of drug-likeness (QED) is 0.549. The summed E-state index contributed by atoms with van der Waals surface area (Å²) in [6, 6.07) is 13.6. The Morgan fingerprint density at radius 3 is 2.70 bits per heavy atom. The first-order valence-electron chi connectivity index (χ1n) is 7.50. The minimum absolute atomic E-state index is 0.615. The number of fused-ring (bicyclic) bond motifs is 7. The van der Waals surface area contributed by atoms with E-state index in [0.717, 1.165) is 6.42 Å². The van der Waals surface area contributed by atoms with Gasteiger partial charge in [-0.3, -0.25) is 0 Å². The summed E-state index contributed by atoms with van der Waals surface area (Å²) in [5.74, 6) is 1.30. The third kappa shape index (κ3) is 1.27. The van der Waals surface area contributed by atoms with E-state index in [1.807, 2.05) is 0 Å². The van der Waals surface area contributed by atoms with Gasteiger partial charge in [-0.15, -0.1) is 0 Å². The average molecular weight is 256 g/mol. The van der Waals surface area contributed by atoms with Crippen LogP contribution in [0, 0.1) is 5.92 Å². The Morgan fingerprint density at radius 1 is 0.800 bits per heavy atom. The van der Waals surface area contributed by atoms with E-state index in [1.165, 1.54) is 23.1 Å². The van der Waals surface area contributed by atoms with Crippen LogP contribution in [0.5, 0.6) is 0 Å². The van der Waals surface area contributed by atoms with Crippen LogP contribution in [-0.4, -0.2) is 0 Å². The minimum Gasteiger partial charge on any atom is -0.0802 e. The molecule has 3 aliphatic carbocycles. The van der Waals surface area contributed by atoms with Gasteiger partial charge in [0.25, 0.3) is 0 Å². The fraction of sp³-hybridized carbons (Fsp3) is 0.200. The van der Waals surface area contributed by atoms with Crippen molar-refractivity contribution < 1.29 is 0 Å². The normalized spacial score (nSPS) is 24.2. The van der Waals surface area contributed by atoms with Crippen molar-refractivity contribution in [3.05, 3.63) is 83.0 Å². The van der Waals surface area contributed by atoms with E-state index in [2.05, 4.69) is 60.7 Å². The largest absolute Gasteiger partial charge is 0.0802 e. The molecule has 0 heterocycles. The molecule has 2 aromatic carbocycles. The Bertz CT molecular complexity index is 777. The molecule has 96 valence electrons. The summed E-state index contributed by atoms with van der Waals surface area (Å²) in [7, 11) is 0. The number of hydrogen-bond acceptors (Lipinski definition) is 0. The van der Waals surface area contributed by atoms with Gasteiger partial charge in [-0.05, 0) is 52.1 Å². The molecule has 3 aliphatic rings. The Morgan fingerprint density at radius 2 is 1.70 bits per heavy atom. The van der Waals surface area contributed by atoms with Gasteiger partial charge in [-0.1, -0.05) is 60.7 Å². The molecule has 0 spiro atoms. The van der Waals surface area contributed by atoms with E-state index in [4.69, 9.17) is 0 Å². The summed E-state index contributed by atoms with van der Waals surface area (Å²) in [6.45, 7) is 0. The molecule has 0 nitrogen and oxygen atoms in total. The maximum atomic E-state index is 2.39. The van der Waals surface area contributed by atoms with Crippen LogP contribution in [0.1, 0.15) is 28.2 Å². The topological polar surface area (TPSA) is 0 Å². The van der Waals surface area contributed by atoms with E-state index in [1.54, 1.807) is 16.7 Å². The highest BCUT2D eigenvalue weighted by Gasteiger charge is 2.34. The molecular formula is C20H16. The second-order valence-electron chi connectivity index (χ2n) is 6.16. The molecule has 5 rings (SSSR count). The minimum atomic E-state index is 0.615. The first-order chi connectivity index (χ1) is 9.92. The van der Waals surface area contributed by atoms with E-state index in [-0.39, 0.29) is 0 Å². The molecule has 0 aromatic heterocycles. The van der Waals surface area contributed by atoms with Crippen molar-refractivity contribution in [1.82, 2.24) is 0 Å². The summed E-state index contributed by atoms with van der Waals surface area (Å²) in [5, 5.41) is 0. The fourth-order valence-electron chi connectivity index (χ4n) is 4.26. The smallest absolute Gasteiger partial charge is 0.00900 e. The number of hydrogen-bond donors (Lipinski definition) is 0. The van der Waals surface area contributed by atoms with Crippen LogP contribution in [0.25, 0.3) is 11.1 Å². The lowest BCUT2D eigenvalue weighted by atomic mass is 9.89. The molecule has 0 saturated carbocycles. The van der Waals surface area contributed by atoms with E-state index in [0.29, 0.717) is 11.8 Å². The first-order valence-corrected chi connectivity index (χ1v) is 7.50. The van der Waals surface area contributed by atoms with E-state index < -0.39 is 0 Å². The summed E-state index contributed by atoms with van der Waals surface area (Å²) < 4.78 is 0. The average Bonchev–Trinajstić information content (AvgIpc) is 3.05. The van der Waals surface area contributed by atoms with Crippen LogP contribution >= 0.6 is 0 Å². The number of benzene rings is 2. The Hall–Kier alpha value is -2.08. The zero-order valence-corrected chi connectivity index (χ0v) is 11.3. The van der Waals surface area contributed by atoms with Crippen molar-refractivity contribution in [3.63, 3.8) is 0 Å². The van der Waals surface area contributed by atoms with Crippen molar-refractivity contribution in [1.29, 1.82) is 0 Å². The third-order valence-corrected chi connectivity index (χ3v) is 5.19. The van der Waals surface area contributed by atoms with Gasteiger partial charge in [0.2, 0.25) is 0 Å². The van der Waals surface area contributed by atoms with Gasteiger partial charge in [0.1, 0.15) is 0 Å². The van der Waals surface area contributed by atoms with Crippen molar-refractivity contribution in [2.45, 2.75) is 18.8 Å². The predicted octanol–water partition coefficient (Wildman–Crippen LogP) is 4.64. The van der Waals surface area contributed by atoms with Crippen LogP contribution in [-0.2, 0) is 12.8 Å². The molecule has 0 heteroatoms. The second-order valence-corrected chi connectivity index (χ2v) is 6.16. The van der Waals surface area contributed by atoms with Crippen LogP contribution < -0.4 is 0 Å². The Labute approximate surface area is 119 Å². The summed E-state index contributed by atoms with van der Waals surface area (Å²) in [5.41, 5.74) is 9.22. The van der Waals surface area contributed by atoms with E-state index in [9.17, 15) is 0 Å². The summed E-state index contributed by atoms with van der Waals surface area (Å²) >= 11 is 0. The van der Waals surface area contributed by atoms with Crippen molar-refractivity contribution in [2.75, 3.05) is 0 Å². The summed E-state index contributed by atoms with van der Waals surface area (Å²) in [4.78, 5) is 0. The maximum absolute atomic E-state index is 2.39. The zero-order chi connectivity index (χ0) is 13.1. The molecule has 0 fully saturated rings. The van der Waals surface area contributed by atoms with Gasteiger partial charge < -0.3 is 0 Å². The van der Waals surface area contributed by atoms with Gasteiger partial charge in [-0.2, -0.15) is 0 Å². The molecular weight excluding hydrogens is 240 g/mol. The van der Waals surface area contributed by atoms with Crippen LogP contribution in [0.2, 0.25) is 0 Å². The summed E-state index contributed by atoms with van der Waals surface area (Å²) in [6.07, 6.45) is 11.5. The lowest BCUT2D eigenvalue weighted by molar-refractivity contribution is 0.629. The Balaban J connectivity index is 1.72. The lowest BCUT2D eigenvalue weighted by Gasteiger charge is -2.15. The van der Waals surface area contributed by atoms with E-state index >= 15 is 0 Å². The van der Waals surface area contributed by atoms with Crippen molar-refractivity contribution in [2.24, 2.45) is 5.92 Å². The highest BCUT2D eigenvalue weighted by atomic mass is 14.4. The van der Waals surface area contributed by atoms with Crippen LogP contribution in [0.15, 0.2) is 60.7 Å². The fourth-order valence-corrected chi connectivity index (χ4v) is 4.26. The zero-order valence-electron chi connectivity index (χ0n) is 11.3. The lowest BCUT2D eigenvalue weighted by Crippen LogP contribution is -2.04. The first kappa shape index (κ1) is 10.7. The molecule has 0 amide bonds. The molecule has 20 heavy (non-hydrogen) atoms. The highest BCUT2D eigenvalue weighted by molar-refractivity contribution is 5.79.